The Labute approximate surface area is 101 Å². The Bertz CT molecular complexity index is 224. The van der Waals surface area contributed by atoms with Crippen molar-refractivity contribution in [3.05, 3.63) is 0 Å². The third-order valence-corrected chi connectivity index (χ3v) is 2.48. The van der Waals surface area contributed by atoms with Gasteiger partial charge in [0.1, 0.15) is 0 Å². The van der Waals surface area contributed by atoms with E-state index in [0.29, 0.717) is 12.8 Å². The van der Waals surface area contributed by atoms with E-state index in [1.54, 1.807) is 0 Å². The van der Waals surface area contributed by atoms with Gasteiger partial charge in [-0.2, -0.15) is 13.2 Å². The van der Waals surface area contributed by atoms with E-state index in [1.807, 2.05) is 27.7 Å². The first-order valence-electron chi connectivity index (χ1n) is 6.00. The third kappa shape index (κ3) is 7.23. The molecule has 17 heavy (non-hydrogen) atoms. The summed E-state index contributed by atoms with van der Waals surface area (Å²) in [6, 6.07) is 0. The number of halogens is 3. The highest BCUT2D eigenvalue weighted by Gasteiger charge is 2.42. The molecule has 0 N–H and O–H groups in total. The summed E-state index contributed by atoms with van der Waals surface area (Å²) in [6.45, 7) is 8.08. The molecule has 0 radical (unpaired) electrons. The number of hydrogen-bond donors (Lipinski definition) is 0. The second kappa shape index (κ2) is 6.87. The Hall–Kier alpha value is -0.740. The van der Waals surface area contributed by atoms with Crippen LogP contribution < -0.4 is 0 Å². The number of amides is 1. The second-order valence-electron chi connectivity index (χ2n) is 5.16. The first kappa shape index (κ1) is 16.3. The van der Waals surface area contributed by atoms with Gasteiger partial charge in [0.15, 0.2) is 0 Å². The third-order valence-electron chi connectivity index (χ3n) is 2.48. The zero-order valence-electron chi connectivity index (χ0n) is 11.0. The molecule has 0 fully saturated rings. The molecule has 102 valence electrons. The number of carbonyl (C=O) groups is 1. The van der Waals surface area contributed by atoms with Gasteiger partial charge in [0.25, 0.3) is 0 Å². The lowest BCUT2D eigenvalue weighted by Crippen LogP contribution is -2.42. The molecule has 0 rings (SSSR count). The van der Waals surface area contributed by atoms with Crippen LogP contribution in [0.5, 0.6) is 0 Å². The van der Waals surface area contributed by atoms with Crippen molar-refractivity contribution in [1.29, 1.82) is 0 Å². The van der Waals surface area contributed by atoms with Crippen LogP contribution in [0.1, 0.15) is 40.5 Å². The van der Waals surface area contributed by atoms with E-state index < -0.39 is 12.1 Å². The van der Waals surface area contributed by atoms with E-state index >= 15 is 0 Å². The number of carbonyl (C=O) groups excluding carboxylic acids is 1. The van der Waals surface area contributed by atoms with E-state index in [0.717, 1.165) is 4.90 Å². The first-order valence-corrected chi connectivity index (χ1v) is 6.00. The van der Waals surface area contributed by atoms with Crippen LogP contribution in [0, 0.1) is 11.8 Å². The summed E-state index contributed by atoms with van der Waals surface area (Å²) in [5.41, 5.74) is 0. The molecule has 2 nitrogen and oxygen atoms in total. The summed E-state index contributed by atoms with van der Waals surface area (Å²) in [4.78, 5) is 12.1. The Morgan fingerprint density at radius 1 is 1.00 bits per heavy atom. The molecule has 0 aliphatic heterocycles. The van der Waals surface area contributed by atoms with Crippen LogP contribution in [0.15, 0.2) is 0 Å². The number of rotatable bonds is 6. The van der Waals surface area contributed by atoms with Crippen molar-refractivity contribution in [1.82, 2.24) is 4.90 Å². The van der Waals surface area contributed by atoms with Crippen molar-refractivity contribution >= 4 is 5.91 Å². The van der Waals surface area contributed by atoms with Gasteiger partial charge in [-0.05, 0) is 24.7 Å². The Morgan fingerprint density at radius 3 is 1.59 bits per heavy atom. The molecule has 0 aliphatic carbocycles. The van der Waals surface area contributed by atoms with Crippen LogP contribution in [-0.2, 0) is 4.79 Å². The van der Waals surface area contributed by atoms with Gasteiger partial charge in [-0.25, -0.2) is 0 Å². The highest BCUT2D eigenvalue weighted by molar-refractivity contribution is 5.81. The van der Waals surface area contributed by atoms with Crippen LogP contribution >= 0.6 is 0 Å². The molecule has 0 heterocycles. The van der Waals surface area contributed by atoms with Crippen molar-refractivity contribution in [2.45, 2.75) is 46.7 Å². The Morgan fingerprint density at radius 2 is 1.35 bits per heavy atom. The van der Waals surface area contributed by atoms with Gasteiger partial charge in [-0.3, -0.25) is 4.79 Å². The quantitative estimate of drug-likeness (QED) is 0.709. The molecule has 0 aliphatic rings. The van der Waals surface area contributed by atoms with Gasteiger partial charge >= 0.3 is 12.1 Å². The molecule has 0 spiro atoms. The zero-order chi connectivity index (χ0) is 13.6. The highest BCUT2D eigenvalue weighted by atomic mass is 19.4. The van der Waals surface area contributed by atoms with Gasteiger partial charge < -0.3 is 4.90 Å². The van der Waals surface area contributed by atoms with Crippen molar-refractivity contribution in [3.63, 3.8) is 0 Å². The average Bonchev–Trinajstić information content (AvgIpc) is 2.14. The lowest BCUT2D eigenvalue weighted by molar-refractivity contribution is -0.185. The summed E-state index contributed by atoms with van der Waals surface area (Å²) < 4.78 is 37.1. The van der Waals surface area contributed by atoms with Crippen molar-refractivity contribution in [2.75, 3.05) is 13.1 Å². The van der Waals surface area contributed by atoms with Crippen LogP contribution in [-0.4, -0.2) is 30.1 Å². The Balaban J connectivity index is 4.44. The lowest BCUT2D eigenvalue weighted by Gasteiger charge is -2.25. The van der Waals surface area contributed by atoms with E-state index in [4.69, 9.17) is 0 Å². The molecule has 0 aromatic rings. The van der Waals surface area contributed by atoms with Gasteiger partial charge in [0, 0.05) is 13.1 Å². The van der Waals surface area contributed by atoms with E-state index in [2.05, 4.69) is 0 Å². The van der Waals surface area contributed by atoms with Gasteiger partial charge in [0.05, 0.1) is 0 Å². The lowest BCUT2D eigenvalue weighted by atomic mass is 10.1. The molecule has 0 saturated carbocycles. The molecular formula is C12H22F3NO. The van der Waals surface area contributed by atoms with E-state index in [9.17, 15) is 18.0 Å². The van der Waals surface area contributed by atoms with E-state index in [1.165, 1.54) is 0 Å². The first-order chi connectivity index (χ1) is 7.64. The number of alkyl halides is 3. The minimum atomic E-state index is -4.76. The van der Waals surface area contributed by atoms with Gasteiger partial charge in [0.2, 0.25) is 0 Å². The minimum Gasteiger partial charge on any atom is -0.335 e. The van der Waals surface area contributed by atoms with Crippen LogP contribution in [0.4, 0.5) is 13.2 Å². The van der Waals surface area contributed by atoms with E-state index in [-0.39, 0.29) is 24.9 Å². The summed E-state index contributed by atoms with van der Waals surface area (Å²) in [7, 11) is 0. The molecule has 5 heteroatoms. The molecule has 0 atom stereocenters. The second-order valence-corrected chi connectivity index (χ2v) is 5.16. The molecular weight excluding hydrogens is 231 g/mol. The average molecular weight is 253 g/mol. The molecule has 0 unspecified atom stereocenters. The molecule has 1 amide bonds. The Kier molecular flexibility index (Phi) is 6.57. The van der Waals surface area contributed by atoms with Crippen molar-refractivity contribution < 1.29 is 18.0 Å². The largest absolute Gasteiger partial charge is 0.471 e. The molecule has 0 bridgehead atoms. The fourth-order valence-electron chi connectivity index (χ4n) is 1.32. The topological polar surface area (TPSA) is 20.3 Å². The monoisotopic (exact) mass is 253 g/mol. The summed E-state index contributed by atoms with van der Waals surface area (Å²) in [5.74, 6) is -1.13. The summed E-state index contributed by atoms with van der Waals surface area (Å²) in [6.07, 6.45) is -3.56. The normalized spacial score (nSPS) is 12.3. The highest BCUT2D eigenvalue weighted by Crippen LogP contribution is 2.20. The van der Waals surface area contributed by atoms with Crippen molar-refractivity contribution in [3.8, 4) is 0 Å². The van der Waals surface area contributed by atoms with Crippen LogP contribution in [0.2, 0.25) is 0 Å². The standard InChI is InChI=1S/C12H22F3NO/c1-9(2)5-7-16(8-6-10(3)4)11(17)12(13,14)15/h9-10H,5-8H2,1-4H3. The smallest absolute Gasteiger partial charge is 0.335 e. The fraction of sp³-hybridized carbons (Fsp3) is 0.917. The molecule has 0 aromatic carbocycles. The minimum absolute atomic E-state index is 0.183. The van der Waals surface area contributed by atoms with Gasteiger partial charge in [-0.1, -0.05) is 27.7 Å². The molecule has 0 aromatic heterocycles. The van der Waals surface area contributed by atoms with Crippen LogP contribution in [0.25, 0.3) is 0 Å². The summed E-state index contributed by atoms with van der Waals surface area (Å²) in [5, 5.41) is 0. The number of nitrogens with zero attached hydrogens (tertiary/aromatic N) is 1. The van der Waals surface area contributed by atoms with Crippen LogP contribution in [0.3, 0.4) is 0 Å². The van der Waals surface area contributed by atoms with Crippen molar-refractivity contribution in [2.24, 2.45) is 11.8 Å². The molecule has 0 saturated heterocycles. The fourth-order valence-corrected chi connectivity index (χ4v) is 1.32. The maximum absolute atomic E-state index is 12.4. The predicted octanol–water partition coefficient (Wildman–Crippen LogP) is 3.47. The maximum atomic E-state index is 12.4. The summed E-state index contributed by atoms with van der Waals surface area (Å²) >= 11 is 0. The zero-order valence-corrected chi connectivity index (χ0v) is 11.0. The predicted molar refractivity (Wildman–Crippen MR) is 61.5 cm³/mol. The number of hydrogen-bond acceptors (Lipinski definition) is 1. The SMILES string of the molecule is CC(C)CCN(CCC(C)C)C(=O)C(F)(F)F. The maximum Gasteiger partial charge on any atom is 0.471 e. The van der Waals surface area contributed by atoms with Gasteiger partial charge in [-0.15, -0.1) is 0 Å².